The molecule has 0 aliphatic carbocycles. The molecule has 0 atom stereocenters. The molecule has 0 saturated heterocycles. The van der Waals surface area contributed by atoms with Gasteiger partial charge in [-0.3, -0.25) is 10.1 Å². The van der Waals surface area contributed by atoms with Crippen molar-refractivity contribution in [1.82, 2.24) is 41.2 Å². The fraction of sp³-hybridized carbons (Fsp3) is 0.136. The van der Waals surface area contributed by atoms with Crippen molar-refractivity contribution in [3.05, 3.63) is 77.7 Å². The molecule has 3 amide bonds. The number of hydrogen-bond donors (Lipinski definition) is 4. The Balaban J connectivity index is 1.29. The molecule has 12 heteroatoms. The van der Waals surface area contributed by atoms with Gasteiger partial charge in [-0.1, -0.05) is 36.4 Å². The second-order valence-corrected chi connectivity index (χ2v) is 7.06. The number of ether oxygens (including phenoxy) is 1. The molecule has 2 aromatic carbocycles. The standard InChI is InChI=1S/C22H21N9O3/c1-34-17-4-2-3-15(9-17)12-24-22(33)27-19-10-18(25-13-26-19)21(32)23-11-14-5-7-16(8-6-14)20-28-30-31-29-20/h2-10,13H,11-12H2,1H3,(H,23,32)(H,28,29,30,31)(H2,24,25,26,27,33). The molecule has 4 aromatic rings. The van der Waals surface area contributed by atoms with Crippen molar-refractivity contribution < 1.29 is 14.3 Å². The number of anilines is 1. The van der Waals surface area contributed by atoms with Crippen LogP contribution in [0.3, 0.4) is 0 Å². The molecule has 4 N–H and O–H groups in total. The van der Waals surface area contributed by atoms with Gasteiger partial charge in [0.15, 0.2) is 0 Å². The van der Waals surface area contributed by atoms with Crippen molar-refractivity contribution in [2.24, 2.45) is 0 Å². The van der Waals surface area contributed by atoms with Crippen LogP contribution < -0.4 is 20.7 Å². The van der Waals surface area contributed by atoms with Crippen molar-refractivity contribution in [2.45, 2.75) is 13.1 Å². The number of carbonyl (C=O) groups excluding carboxylic acids is 2. The maximum atomic E-state index is 12.5. The van der Waals surface area contributed by atoms with E-state index in [9.17, 15) is 9.59 Å². The molecule has 4 rings (SSSR count). The van der Waals surface area contributed by atoms with Gasteiger partial charge in [0, 0.05) is 24.7 Å². The van der Waals surface area contributed by atoms with E-state index in [-0.39, 0.29) is 11.5 Å². The van der Waals surface area contributed by atoms with Crippen LogP contribution in [-0.4, -0.2) is 49.6 Å². The summed E-state index contributed by atoms with van der Waals surface area (Å²) in [7, 11) is 1.58. The first-order valence-corrected chi connectivity index (χ1v) is 10.2. The summed E-state index contributed by atoms with van der Waals surface area (Å²) in [5.74, 6) is 0.996. The Morgan fingerprint density at radius 3 is 2.56 bits per heavy atom. The number of nitrogens with one attached hydrogen (secondary N) is 4. The smallest absolute Gasteiger partial charge is 0.320 e. The Morgan fingerprint density at radius 1 is 0.971 bits per heavy atom. The highest BCUT2D eigenvalue weighted by atomic mass is 16.5. The van der Waals surface area contributed by atoms with Gasteiger partial charge in [-0.05, 0) is 28.5 Å². The number of hydrogen-bond acceptors (Lipinski definition) is 8. The normalized spacial score (nSPS) is 10.4. The third-order valence-corrected chi connectivity index (χ3v) is 4.74. The molecule has 0 fully saturated rings. The van der Waals surface area contributed by atoms with Crippen molar-refractivity contribution in [3.63, 3.8) is 0 Å². The largest absolute Gasteiger partial charge is 0.497 e. The molecule has 0 spiro atoms. The van der Waals surface area contributed by atoms with Gasteiger partial charge in [-0.2, -0.15) is 5.21 Å². The average molecular weight is 459 g/mol. The minimum absolute atomic E-state index is 0.126. The number of nitrogens with zero attached hydrogens (tertiary/aromatic N) is 5. The Morgan fingerprint density at radius 2 is 1.79 bits per heavy atom. The second-order valence-electron chi connectivity index (χ2n) is 7.06. The van der Waals surface area contributed by atoms with Crippen LogP contribution >= 0.6 is 0 Å². The number of aromatic nitrogens is 6. The molecule has 34 heavy (non-hydrogen) atoms. The summed E-state index contributed by atoms with van der Waals surface area (Å²) in [4.78, 5) is 32.7. The summed E-state index contributed by atoms with van der Waals surface area (Å²) < 4.78 is 5.17. The van der Waals surface area contributed by atoms with Crippen molar-refractivity contribution >= 4 is 17.8 Å². The van der Waals surface area contributed by atoms with Crippen molar-refractivity contribution in [3.8, 4) is 17.1 Å². The number of amides is 3. The van der Waals surface area contributed by atoms with E-state index in [1.54, 1.807) is 7.11 Å². The second kappa shape index (κ2) is 10.6. The predicted octanol–water partition coefficient (Wildman–Crippen LogP) is 1.92. The van der Waals surface area contributed by atoms with Crippen molar-refractivity contribution in [2.75, 3.05) is 12.4 Å². The Hall–Kier alpha value is -4.87. The van der Waals surface area contributed by atoms with Crippen LogP contribution in [0.2, 0.25) is 0 Å². The van der Waals surface area contributed by atoms with Gasteiger partial charge in [-0.25, -0.2) is 14.8 Å². The molecule has 0 saturated carbocycles. The summed E-state index contributed by atoms with van der Waals surface area (Å²) >= 11 is 0. The zero-order valence-corrected chi connectivity index (χ0v) is 18.1. The molecule has 172 valence electrons. The van der Waals surface area contributed by atoms with Crippen LogP contribution in [0.4, 0.5) is 10.6 Å². The van der Waals surface area contributed by atoms with Crippen LogP contribution in [0.15, 0.2) is 60.9 Å². The topological polar surface area (TPSA) is 160 Å². The van der Waals surface area contributed by atoms with Gasteiger partial charge >= 0.3 is 6.03 Å². The van der Waals surface area contributed by atoms with Gasteiger partial charge < -0.3 is 15.4 Å². The quantitative estimate of drug-likeness (QED) is 0.311. The Bertz CT molecular complexity index is 1260. The van der Waals surface area contributed by atoms with E-state index in [0.717, 1.165) is 16.7 Å². The predicted molar refractivity (Wildman–Crippen MR) is 122 cm³/mol. The van der Waals surface area contributed by atoms with E-state index in [2.05, 4.69) is 46.5 Å². The summed E-state index contributed by atoms with van der Waals surface area (Å²) in [6.45, 7) is 0.589. The van der Waals surface area contributed by atoms with Crippen LogP contribution in [0.25, 0.3) is 11.4 Å². The lowest BCUT2D eigenvalue weighted by molar-refractivity contribution is 0.0945. The first kappa shape index (κ1) is 22.3. The molecular weight excluding hydrogens is 438 g/mol. The maximum absolute atomic E-state index is 12.5. The van der Waals surface area contributed by atoms with E-state index in [4.69, 9.17) is 4.74 Å². The highest BCUT2D eigenvalue weighted by molar-refractivity contribution is 5.94. The lowest BCUT2D eigenvalue weighted by Crippen LogP contribution is -2.29. The average Bonchev–Trinajstić information content (AvgIpc) is 3.42. The van der Waals surface area contributed by atoms with E-state index < -0.39 is 11.9 Å². The lowest BCUT2D eigenvalue weighted by atomic mass is 10.1. The van der Waals surface area contributed by atoms with Crippen LogP contribution in [0.1, 0.15) is 21.6 Å². The number of urea groups is 1. The maximum Gasteiger partial charge on any atom is 0.320 e. The molecule has 0 aliphatic rings. The van der Waals surface area contributed by atoms with Gasteiger partial charge in [0.1, 0.15) is 23.6 Å². The molecule has 0 bridgehead atoms. The Kier molecular flexibility index (Phi) is 6.98. The number of carbonyl (C=O) groups is 2. The summed E-state index contributed by atoms with van der Waals surface area (Å²) in [5, 5.41) is 21.9. The molecule has 12 nitrogen and oxygen atoms in total. The molecule has 0 unspecified atom stereocenters. The molecule has 0 aliphatic heterocycles. The fourth-order valence-electron chi connectivity index (χ4n) is 3.00. The van der Waals surface area contributed by atoms with Gasteiger partial charge in [-0.15, -0.1) is 10.2 Å². The van der Waals surface area contributed by atoms with Gasteiger partial charge in [0.05, 0.1) is 7.11 Å². The lowest BCUT2D eigenvalue weighted by Gasteiger charge is -2.09. The van der Waals surface area contributed by atoms with E-state index in [1.165, 1.54) is 12.4 Å². The number of rotatable bonds is 8. The minimum atomic E-state index is -0.463. The number of aromatic amines is 1. The zero-order chi connectivity index (χ0) is 23.8. The number of methoxy groups -OCH3 is 1. The molecule has 2 aromatic heterocycles. The van der Waals surface area contributed by atoms with Gasteiger partial charge in [0.2, 0.25) is 5.82 Å². The minimum Gasteiger partial charge on any atom is -0.497 e. The first-order chi connectivity index (χ1) is 16.6. The van der Waals surface area contributed by atoms with Crippen LogP contribution in [-0.2, 0) is 13.1 Å². The monoisotopic (exact) mass is 459 g/mol. The number of H-pyrrole nitrogens is 1. The highest BCUT2D eigenvalue weighted by Crippen LogP contribution is 2.14. The molecule has 2 heterocycles. The summed E-state index contributed by atoms with van der Waals surface area (Å²) in [5.41, 5.74) is 2.69. The van der Waals surface area contributed by atoms with Crippen LogP contribution in [0, 0.1) is 0 Å². The number of benzene rings is 2. The molecule has 0 radical (unpaired) electrons. The zero-order valence-electron chi connectivity index (χ0n) is 18.1. The first-order valence-electron chi connectivity index (χ1n) is 10.2. The third-order valence-electron chi connectivity index (χ3n) is 4.74. The highest BCUT2D eigenvalue weighted by Gasteiger charge is 2.11. The van der Waals surface area contributed by atoms with E-state index in [1.807, 2.05) is 48.5 Å². The fourth-order valence-corrected chi connectivity index (χ4v) is 3.00. The summed E-state index contributed by atoms with van der Waals surface area (Å²) in [6.07, 6.45) is 1.21. The van der Waals surface area contributed by atoms with E-state index >= 15 is 0 Å². The van der Waals surface area contributed by atoms with Gasteiger partial charge in [0.25, 0.3) is 5.91 Å². The molecular formula is C22H21N9O3. The SMILES string of the molecule is COc1cccc(CNC(=O)Nc2cc(C(=O)NCc3ccc(-c4nn[nH]n4)cc3)ncn2)c1. The number of tetrazole rings is 1. The Labute approximate surface area is 194 Å². The van der Waals surface area contributed by atoms with Crippen molar-refractivity contribution in [1.29, 1.82) is 0 Å². The summed E-state index contributed by atoms with van der Waals surface area (Å²) in [6, 6.07) is 15.7. The van der Waals surface area contributed by atoms with E-state index in [0.29, 0.717) is 24.7 Å². The third kappa shape index (κ3) is 5.88. The van der Waals surface area contributed by atoms with Crippen LogP contribution in [0.5, 0.6) is 5.75 Å².